The van der Waals surface area contributed by atoms with E-state index in [-0.39, 0.29) is 5.82 Å². The normalized spacial score (nSPS) is 11.4. The van der Waals surface area contributed by atoms with E-state index in [1.165, 1.54) is 12.1 Å². The van der Waals surface area contributed by atoms with Gasteiger partial charge < -0.3 is 4.57 Å². The van der Waals surface area contributed by atoms with Crippen molar-refractivity contribution in [2.45, 2.75) is 26.3 Å². The van der Waals surface area contributed by atoms with Crippen LogP contribution in [0.4, 0.5) is 4.39 Å². The predicted molar refractivity (Wildman–Crippen MR) is 84.7 cm³/mol. The van der Waals surface area contributed by atoms with Crippen LogP contribution in [-0.2, 0) is 19.4 Å². The molecule has 0 aliphatic carbocycles. The summed E-state index contributed by atoms with van der Waals surface area (Å²) in [5, 5.41) is 3.13. The molecular weight excluding hydrogens is 309 g/mol. The third-order valence-electron chi connectivity index (χ3n) is 3.37. The average molecular weight is 324 g/mol. The van der Waals surface area contributed by atoms with E-state index in [1.807, 2.05) is 6.92 Å². The number of hydrogen-bond acceptors (Lipinski definition) is 3. The summed E-state index contributed by atoms with van der Waals surface area (Å²) in [5.74, 6) is 1.16. The first kappa shape index (κ1) is 14.5. The molecule has 6 heteroatoms. The van der Waals surface area contributed by atoms with Crippen LogP contribution in [0.5, 0.6) is 0 Å². The van der Waals surface area contributed by atoms with Gasteiger partial charge in [-0.25, -0.2) is 14.4 Å². The van der Waals surface area contributed by atoms with E-state index in [2.05, 4.69) is 19.9 Å². The molecule has 1 aromatic carbocycles. The molecule has 0 unspecified atom stereocenters. The van der Waals surface area contributed by atoms with E-state index >= 15 is 0 Å². The molecule has 0 saturated carbocycles. The molecule has 3 nitrogen and oxygen atoms in total. The molecule has 3 rings (SSSR count). The second kappa shape index (κ2) is 6.12. The third kappa shape index (κ3) is 3.09. The Balaban J connectivity index is 1.94. The molecule has 0 radical (unpaired) electrons. The quantitative estimate of drug-likeness (QED) is 0.665. The van der Waals surface area contributed by atoms with Gasteiger partial charge in [0, 0.05) is 30.6 Å². The van der Waals surface area contributed by atoms with Crippen molar-refractivity contribution in [3.05, 3.63) is 45.9 Å². The molecule has 0 amide bonds. The summed E-state index contributed by atoms with van der Waals surface area (Å²) < 4.78 is 15.6. The standard InChI is InChI=1S/C15H15ClFN3S/c1-10-18-12(9-21-10)5-7-20-14-8-11(17)2-3-13(14)19-15(20)4-6-16/h2-3,8-9H,4-7H2,1H3. The van der Waals surface area contributed by atoms with Gasteiger partial charge in [-0.1, -0.05) is 0 Å². The number of aromatic nitrogens is 3. The SMILES string of the molecule is Cc1nc(CCn2c(CCCl)nc3ccc(F)cc32)cs1. The zero-order chi connectivity index (χ0) is 14.8. The van der Waals surface area contributed by atoms with Gasteiger partial charge in [0.1, 0.15) is 11.6 Å². The molecule has 0 atom stereocenters. The van der Waals surface area contributed by atoms with Gasteiger partial charge in [0.25, 0.3) is 0 Å². The second-order valence-electron chi connectivity index (χ2n) is 4.86. The van der Waals surface area contributed by atoms with Crippen molar-refractivity contribution in [2.24, 2.45) is 0 Å². The number of nitrogens with zero attached hydrogens (tertiary/aromatic N) is 3. The van der Waals surface area contributed by atoms with Gasteiger partial charge >= 0.3 is 0 Å². The van der Waals surface area contributed by atoms with Crippen molar-refractivity contribution >= 4 is 34.0 Å². The maximum atomic E-state index is 13.5. The fourth-order valence-corrected chi connectivity index (χ4v) is 3.24. The number of imidazole rings is 1. The molecule has 2 aromatic heterocycles. The van der Waals surface area contributed by atoms with Crippen molar-refractivity contribution in [3.63, 3.8) is 0 Å². The highest BCUT2D eigenvalue weighted by Gasteiger charge is 2.11. The Labute approximate surface area is 131 Å². The number of alkyl halides is 1. The van der Waals surface area contributed by atoms with Crippen LogP contribution in [-0.4, -0.2) is 20.4 Å². The summed E-state index contributed by atoms with van der Waals surface area (Å²) in [4.78, 5) is 9.02. The van der Waals surface area contributed by atoms with Crippen molar-refractivity contribution in [1.82, 2.24) is 14.5 Å². The van der Waals surface area contributed by atoms with Crippen molar-refractivity contribution in [1.29, 1.82) is 0 Å². The minimum atomic E-state index is -0.245. The lowest BCUT2D eigenvalue weighted by Crippen LogP contribution is -2.07. The van der Waals surface area contributed by atoms with E-state index in [4.69, 9.17) is 11.6 Å². The third-order valence-corrected chi connectivity index (χ3v) is 4.38. The Morgan fingerprint density at radius 1 is 1.29 bits per heavy atom. The van der Waals surface area contributed by atoms with Crippen LogP contribution >= 0.6 is 22.9 Å². The largest absolute Gasteiger partial charge is 0.327 e. The lowest BCUT2D eigenvalue weighted by atomic mass is 10.3. The smallest absolute Gasteiger partial charge is 0.125 e. The van der Waals surface area contributed by atoms with Gasteiger partial charge in [-0.15, -0.1) is 22.9 Å². The van der Waals surface area contributed by atoms with E-state index in [1.54, 1.807) is 17.4 Å². The highest BCUT2D eigenvalue weighted by Crippen LogP contribution is 2.19. The van der Waals surface area contributed by atoms with Gasteiger partial charge in [-0.3, -0.25) is 0 Å². The number of halogens is 2. The Bertz CT molecular complexity index is 765. The van der Waals surface area contributed by atoms with Crippen molar-refractivity contribution in [3.8, 4) is 0 Å². The van der Waals surface area contributed by atoms with Crippen LogP contribution in [0.25, 0.3) is 11.0 Å². The van der Waals surface area contributed by atoms with Gasteiger partial charge in [0.05, 0.1) is 21.7 Å². The van der Waals surface area contributed by atoms with E-state index in [0.29, 0.717) is 12.3 Å². The van der Waals surface area contributed by atoms with Crippen LogP contribution in [0.2, 0.25) is 0 Å². The average Bonchev–Trinajstić information content (AvgIpc) is 3.01. The van der Waals surface area contributed by atoms with Gasteiger partial charge in [0.15, 0.2) is 0 Å². The predicted octanol–water partition coefficient (Wildman–Crippen LogP) is 3.96. The summed E-state index contributed by atoms with van der Waals surface area (Å²) in [7, 11) is 0. The van der Waals surface area contributed by atoms with Gasteiger partial charge in [-0.2, -0.15) is 0 Å². The maximum Gasteiger partial charge on any atom is 0.125 e. The molecule has 0 saturated heterocycles. The van der Waals surface area contributed by atoms with Gasteiger partial charge in [-0.05, 0) is 25.1 Å². The zero-order valence-electron chi connectivity index (χ0n) is 11.6. The number of rotatable bonds is 5. The minimum absolute atomic E-state index is 0.245. The highest BCUT2D eigenvalue weighted by molar-refractivity contribution is 7.09. The Morgan fingerprint density at radius 2 is 2.14 bits per heavy atom. The zero-order valence-corrected chi connectivity index (χ0v) is 13.2. The monoisotopic (exact) mass is 323 g/mol. The van der Waals surface area contributed by atoms with Crippen LogP contribution in [0.1, 0.15) is 16.5 Å². The lowest BCUT2D eigenvalue weighted by molar-refractivity contribution is 0.625. The Morgan fingerprint density at radius 3 is 2.86 bits per heavy atom. The lowest BCUT2D eigenvalue weighted by Gasteiger charge is -2.07. The molecule has 0 aliphatic rings. The first-order valence-electron chi connectivity index (χ1n) is 6.79. The molecule has 0 bridgehead atoms. The Kier molecular flexibility index (Phi) is 4.22. The summed E-state index contributed by atoms with van der Waals surface area (Å²) in [6.45, 7) is 2.73. The second-order valence-corrected chi connectivity index (χ2v) is 6.30. The molecule has 0 aliphatic heterocycles. The topological polar surface area (TPSA) is 30.7 Å². The first-order chi connectivity index (χ1) is 10.2. The van der Waals surface area contributed by atoms with Crippen LogP contribution < -0.4 is 0 Å². The molecule has 21 heavy (non-hydrogen) atoms. The molecule has 2 heterocycles. The fraction of sp³-hybridized carbons (Fsp3) is 0.333. The summed E-state index contributed by atoms with van der Waals surface area (Å²) in [5.41, 5.74) is 2.70. The summed E-state index contributed by atoms with van der Waals surface area (Å²) >= 11 is 7.49. The highest BCUT2D eigenvalue weighted by atomic mass is 35.5. The van der Waals surface area contributed by atoms with E-state index < -0.39 is 0 Å². The molecule has 0 fully saturated rings. The van der Waals surface area contributed by atoms with Crippen LogP contribution in [0.15, 0.2) is 23.6 Å². The van der Waals surface area contributed by atoms with Crippen LogP contribution in [0.3, 0.4) is 0 Å². The number of hydrogen-bond donors (Lipinski definition) is 0. The number of fused-ring (bicyclic) bond motifs is 1. The molecule has 110 valence electrons. The van der Waals surface area contributed by atoms with E-state index in [0.717, 1.165) is 40.5 Å². The molecular formula is C15H15ClFN3S. The summed E-state index contributed by atoms with van der Waals surface area (Å²) in [6, 6.07) is 4.69. The number of thiazole rings is 1. The minimum Gasteiger partial charge on any atom is -0.327 e. The molecule has 0 N–H and O–H groups in total. The Hall–Kier alpha value is -1.46. The molecule has 3 aromatic rings. The first-order valence-corrected chi connectivity index (χ1v) is 8.20. The van der Waals surface area contributed by atoms with Crippen LogP contribution in [0, 0.1) is 12.7 Å². The number of aryl methyl sites for hydroxylation is 4. The van der Waals surface area contributed by atoms with Crippen molar-refractivity contribution < 1.29 is 4.39 Å². The number of benzene rings is 1. The maximum absolute atomic E-state index is 13.5. The van der Waals surface area contributed by atoms with E-state index in [9.17, 15) is 4.39 Å². The van der Waals surface area contributed by atoms with Gasteiger partial charge in [0.2, 0.25) is 0 Å². The van der Waals surface area contributed by atoms with Crippen molar-refractivity contribution in [2.75, 3.05) is 5.88 Å². The molecule has 0 spiro atoms. The fourth-order valence-electron chi connectivity index (χ4n) is 2.42. The summed E-state index contributed by atoms with van der Waals surface area (Å²) in [6.07, 6.45) is 1.48.